The average molecular weight is 305 g/mol. The van der Waals surface area contributed by atoms with E-state index in [0.29, 0.717) is 16.9 Å². The number of hydrogen-bond donors (Lipinski definition) is 2. The molecule has 110 valence electrons. The smallest absolute Gasteiger partial charge is 0.233 e. The third-order valence-corrected chi connectivity index (χ3v) is 3.63. The fraction of sp³-hybridized carbons (Fsp3) is 0.357. The lowest BCUT2D eigenvalue weighted by atomic mass is 10.1. The van der Waals surface area contributed by atoms with Crippen molar-refractivity contribution in [3.05, 3.63) is 29.3 Å². The van der Waals surface area contributed by atoms with E-state index >= 15 is 0 Å². The first-order valence-electron chi connectivity index (χ1n) is 7.00. The molecular weight excluding hydrogens is 288 g/mol. The number of nitrogen functional groups attached to an aromatic ring is 1. The highest BCUT2D eigenvalue weighted by molar-refractivity contribution is 6.30. The SMILES string of the molecule is Nc1nc(Nc2ccc(Cl)cc2)nc(N2CCCCC2)n1. The van der Waals surface area contributed by atoms with Crippen molar-refractivity contribution in [3.8, 4) is 0 Å². The van der Waals surface area contributed by atoms with Crippen LogP contribution in [0.15, 0.2) is 24.3 Å². The van der Waals surface area contributed by atoms with Gasteiger partial charge in [0, 0.05) is 23.8 Å². The fourth-order valence-corrected chi connectivity index (χ4v) is 2.46. The highest BCUT2D eigenvalue weighted by atomic mass is 35.5. The molecule has 0 unspecified atom stereocenters. The average Bonchev–Trinajstić information content (AvgIpc) is 2.50. The van der Waals surface area contributed by atoms with Crippen molar-refractivity contribution in [3.63, 3.8) is 0 Å². The molecule has 1 fully saturated rings. The van der Waals surface area contributed by atoms with Crippen molar-refractivity contribution in [1.29, 1.82) is 0 Å². The monoisotopic (exact) mass is 304 g/mol. The van der Waals surface area contributed by atoms with Gasteiger partial charge in [-0.3, -0.25) is 0 Å². The fourth-order valence-electron chi connectivity index (χ4n) is 2.33. The van der Waals surface area contributed by atoms with Crippen molar-refractivity contribution < 1.29 is 0 Å². The molecule has 21 heavy (non-hydrogen) atoms. The van der Waals surface area contributed by atoms with E-state index in [1.165, 1.54) is 6.42 Å². The molecule has 1 aromatic carbocycles. The summed E-state index contributed by atoms with van der Waals surface area (Å²) in [5, 5.41) is 3.81. The molecular formula is C14H17ClN6. The summed E-state index contributed by atoms with van der Waals surface area (Å²) in [6, 6.07) is 7.34. The van der Waals surface area contributed by atoms with E-state index in [2.05, 4.69) is 25.2 Å². The molecule has 1 aliphatic rings. The Hall–Kier alpha value is -2.08. The Labute approximate surface area is 128 Å². The second-order valence-electron chi connectivity index (χ2n) is 5.00. The Morgan fingerprint density at radius 2 is 1.71 bits per heavy atom. The Morgan fingerprint density at radius 3 is 2.43 bits per heavy atom. The molecule has 0 bridgehead atoms. The Morgan fingerprint density at radius 1 is 1.00 bits per heavy atom. The highest BCUT2D eigenvalue weighted by Crippen LogP contribution is 2.20. The summed E-state index contributed by atoms with van der Waals surface area (Å²) in [5.74, 6) is 1.31. The molecule has 1 saturated heterocycles. The van der Waals surface area contributed by atoms with Gasteiger partial charge in [-0.15, -0.1) is 0 Å². The zero-order valence-electron chi connectivity index (χ0n) is 11.6. The van der Waals surface area contributed by atoms with Crippen molar-refractivity contribution in [2.45, 2.75) is 19.3 Å². The van der Waals surface area contributed by atoms with Gasteiger partial charge < -0.3 is 16.0 Å². The van der Waals surface area contributed by atoms with Gasteiger partial charge >= 0.3 is 0 Å². The molecule has 2 aromatic rings. The van der Waals surface area contributed by atoms with E-state index in [9.17, 15) is 0 Å². The van der Waals surface area contributed by atoms with Crippen LogP contribution >= 0.6 is 11.6 Å². The number of hydrogen-bond acceptors (Lipinski definition) is 6. The maximum absolute atomic E-state index is 5.87. The van der Waals surface area contributed by atoms with Gasteiger partial charge in [0.2, 0.25) is 17.8 Å². The van der Waals surface area contributed by atoms with Gasteiger partial charge in [-0.25, -0.2) is 0 Å². The number of nitrogens with zero attached hydrogens (tertiary/aromatic N) is 4. The minimum atomic E-state index is 0.224. The summed E-state index contributed by atoms with van der Waals surface area (Å²) in [4.78, 5) is 15.0. The lowest BCUT2D eigenvalue weighted by Crippen LogP contribution is -2.31. The third kappa shape index (κ3) is 3.52. The minimum absolute atomic E-state index is 0.224. The number of rotatable bonds is 3. The normalized spacial score (nSPS) is 15.0. The van der Waals surface area contributed by atoms with Crippen LogP contribution in [0.25, 0.3) is 0 Å². The number of nitrogens with one attached hydrogen (secondary N) is 1. The number of anilines is 4. The predicted octanol–water partition coefficient (Wildman–Crippen LogP) is 2.84. The molecule has 0 saturated carbocycles. The van der Waals surface area contributed by atoms with Crippen molar-refractivity contribution in [2.75, 3.05) is 29.0 Å². The van der Waals surface area contributed by atoms with Crippen LogP contribution in [-0.2, 0) is 0 Å². The zero-order valence-corrected chi connectivity index (χ0v) is 12.3. The molecule has 6 nitrogen and oxygen atoms in total. The van der Waals surface area contributed by atoms with Crippen LogP contribution in [0.3, 0.4) is 0 Å². The van der Waals surface area contributed by atoms with Crippen molar-refractivity contribution >= 4 is 35.1 Å². The van der Waals surface area contributed by atoms with Crippen LogP contribution in [0.5, 0.6) is 0 Å². The van der Waals surface area contributed by atoms with Gasteiger partial charge in [0.05, 0.1) is 0 Å². The highest BCUT2D eigenvalue weighted by Gasteiger charge is 2.15. The van der Waals surface area contributed by atoms with Gasteiger partial charge in [-0.05, 0) is 43.5 Å². The van der Waals surface area contributed by atoms with E-state index in [1.807, 2.05) is 12.1 Å². The zero-order chi connectivity index (χ0) is 14.7. The van der Waals surface area contributed by atoms with Crippen LogP contribution in [0.4, 0.5) is 23.5 Å². The van der Waals surface area contributed by atoms with E-state index in [-0.39, 0.29) is 5.95 Å². The van der Waals surface area contributed by atoms with Gasteiger partial charge in [-0.1, -0.05) is 11.6 Å². The molecule has 0 spiro atoms. The van der Waals surface area contributed by atoms with E-state index < -0.39 is 0 Å². The quantitative estimate of drug-likeness (QED) is 0.907. The van der Waals surface area contributed by atoms with Gasteiger partial charge in [0.1, 0.15) is 0 Å². The first-order chi connectivity index (χ1) is 10.2. The number of aromatic nitrogens is 3. The third-order valence-electron chi connectivity index (χ3n) is 3.38. The lowest BCUT2D eigenvalue weighted by molar-refractivity contribution is 0.568. The minimum Gasteiger partial charge on any atom is -0.368 e. The Balaban J connectivity index is 1.81. The summed E-state index contributed by atoms with van der Waals surface area (Å²) in [5.41, 5.74) is 6.65. The Bertz CT molecular complexity index is 609. The van der Waals surface area contributed by atoms with E-state index in [1.54, 1.807) is 12.1 Å². The van der Waals surface area contributed by atoms with Crippen molar-refractivity contribution in [2.24, 2.45) is 0 Å². The summed E-state index contributed by atoms with van der Waals surface area (Å²) >= 11 is 5.87. The molecule has 0 atom stereocenters. The van der Waals surface area contributed by atoms with Gasteiger partial charge in [0.25, 0.3) is 0 Å². The number of nitrogens with two attached hydrogens (primary N) is 1. The number of piperidine rings is 1. The van der Waals surface area contributed by atoms with E-state index in [0.717, 1.165) is 31.6 Å². The van der Waals surface area contributed by atoms with Crippen LogP contribution in [0.2, 0.25) is 5.02 Å². The second-order valence-corrected chi connectivity index (χ2v) is 5.43. The molecule has 1 aliphatic heterocycles. The topological polar surface area (TPSA) is 80.0 Å². The summed E-state index contributed by atoms with van der Waals surface area (Å²) in [6.45, 7) is 1.92. The lowest BCUT2D eigenvalue weighted by Gasteiger charge is -2.26. The summed E-state index contributed by atoms with van der Waals surface area (Å²) in [7, 11) is 0. The number of benzene rings is 1. The molecule has 0 aliphatic carbocycles. The second kappa shape index (κ2) is 6.13. The Kier molecular flexibility index (Phi) is 4.06. The summed E-state index contributed by atoms with van der Waals surface area (Å²) in [6.07, 6.45) is 3.57. The maximum atomic E-state index is 5.87. The first-order valence-corrected chi connectivity index (χ1v) is 7.37. The van der Waals surface area contributed by atoms with E-state index in [4.69, 9.17) is 17.3 Å². The van der Waals surface area contributed by atoms with Crippen molar-refractivity contribution in [1.82, 2.24) is 15.0 Å². The number of halogens is 1. The molecule has 2 heterocycles. The van der Waals surface area contributed by atoms with Crippen LogP contribution in [-0.4, -0.2) is 28.0 Å². The summed E-state index contributed by atoms with van der Waals surface area (Å²) < 4.78 is 0. The molecule has 7 heteroatoms. The molecule has 1 aromatic heterocycles. The molecule has 0 amide bonds. The van der Waals surface area contributed by atoms with Crippen LogP contribution < -0.4 is 16.0 Å². The van der Waals surface area contributed by atoms with Crippen LogP contribution in [0, 0.1) is 0 Å². The largest absolute Gasteiger partial charge is 0.368 e. The molecule has 3 rings (SSSR count). The maximum Gasteiger partial charge on any atom is 0.233 e. The molecule has 3 N–H and O–H groups in total. The first kappa shape index (κ1) is 13.9. The van der Waals surface area contributed by atoms with Crippen LogP contribution in [0.1, 0.15) is 19.3 Å². The van der Waals surface area contributed by atoms with Gasteiger partial charge in [0.15, 0.2) is 0 Å². The predicted molar refractivity (Wildman–Crippen MR) is 85.0 cm³/mol. The standard InChI is InChI=1S/C14H17ClN6/c15-10-4-6-11(7-5-10)17-13-18-12(16)19-14(20-13)21-8-2-1-3-9-21/h4-7H,1-3,8-9H2,(H3,16,17,18,19,20). The van der Waals surface area contributed by atoms with Gasteiger partial charge in [-0.2, -0.15) is 15.0 Å². The molecule has 0 radical (unpaired) electrons.